The van der Waals surface area contributed by atoms with Crippen LogP contribution in [0.3, 0.4) is 0 Å². The summed E-state index contributed by atoms with van der Waals surface area (Å²) in [6, 6.07) is 9.72. The van der Waals surface area contributed by atoms with Gasteiger partial charge in [0.15, 0.2) is 0 Å². The van der Waals surface area contributed by atoms with Crippen molar-refractivity contribution in [3.05, 3.63) is 70.8 Å². The van der Waals surface area contributed by atoms with Crippen LogP contribution in [0.1, 0.15) is 16.7 Å². The molecule has 0 saturated heterocycles. The number of amides is 2. The SMILES string of the molecule is O=C(NCc1cc(F)ccc1F)NCc1ccccc1CO. The topological polar surface area (TPSA) is 61.4 Å². The molecule has 0 aliphatic carbocycles. The zero-order chi connectivity index (χ0) is 15.9. The first-order chi connectivity index (χ1) is 10.6. The summed E-state index contributed by atoms with van der Waals surface area (Å²) >= 11 is 0. The Morgan fingerprint density at radius 1 is 0.955 bits per heavy atom. The molecule has 0 saturated carbocycles. The van der Waals surface area contributed by atoms with Gasteiger partial charge in [-0.1, -0.05) is 24.3 Å². The Morgan fingerprint density at radius 3 is 2.27 bits per heavy atom. The number of carbonyl (C=O) groups is 1. The molecule has 22 heavy (non-hydrogen) atoms. The monoisotopic (exact) mass is 306 g/mol. The minimum Gasteiger partial charge on any atom is -0.392 e. The maximum atomic E-state index is 13.4. The van der Waals surface area contributed by atoms with Crippen LogP contribution in [0.4, 0.5) is 13.6 Å². The van der Waals surface area contributed by atoms with Gasteiger partial charge in [-0.3, -0.25) is 0 Å². The summed E-state index contributed by atoms with van der Waals surface area (Å²) < 4.78 is 26.4. The third kappa shape index (κ3) is 4.26. The fourth-order valence-corrected chi connectivity index (χ4v) is 1.98. The first-order valence-corrected chi connectivity index (χ1v) is 6.73. The minimum atomic E-state index is -0.577. The third-order valence-electron chi connectivity index (χ3n) is 3.18. The quantitative estimate of drug-likeness (QED) is 0.794. The lowest BCUT2D eigenvalue weighted by molar-refractivity contribution is 0.239. The van der Waals surface area contributed by atoms with E-state index < -0.39 is 17.7 Å². The van der Waals surface area contributed by atoms with Gasteiger partial charge in [-0.2, -0.15) is 0 Å². The summed E-state index contributed by atoms with van der Waals surface area (Å²) in [6.45, 7) is -0.000745. The molecular weight excluding hydrogens is 290 g/mol. The van der Waals surface area contributed by atoms with Crippen LogP contribution in [0.2, 0.25) is 0 Å². The van der Waals surface area contributed by atoms with E-state index in [0.717, 1.165) is 29.3 Å². The summed E-state index contributed by atoms with van der Waals surface area (Å²) in [5, 5.41) is 14.2. The lowest BCUT2D eigenvalue weighted by atomic mass is 10.1. The van der Waals surface area contributed by atoms with Crippen LogP contribution in [-0.2, 0) is 19.7 Å². The molecule has 3 N–H and O–H groups in total. The maximum absolute atomic E-state index is 13.4. The largest absolute Gasteiger partial charge is 0.392 e. The molecule has 0 heterocycles. The molecule has 116 valence electrons. The number of nitrogens with one attached hydrogen (secondary N) is 2. The van der Waals surface area contributed by atoms with Crippen LogP contribution < -0.4 is 10.6 Å². The molecule has 0 radical (unpaired) electrons. The van der Waals surface area contributed by atoms with Crippen LogP contribution in [0.25, 0.3) is 0 Å². The van der Waals surface area contributed by atoms with E-state index >= 15 is 0 Å². The number of aliphatic hydroxyl groups excluding tert-OH is 1. The summed E-state index contributed by atoms with van der Waals surface area (Å²) in [5.41, 5.74) is 1.59. The highest BCUT2D eigenvalue weighted by molar-refractivity contribution is 5.73. The van der Waals surface area contributed by atoms with Gasteiger partial charge >= 0.3 is 6.03 Å². The smallest absolute Gasteiger partial charge is 0.315 e. The number of carbonyl (C=O) groups excluding carboxylic acids is 1. The number of hydrogen-bond acceptors (Lipinski definition) is 2. The highest BCUT2D eigenvalue weighted by Gasteiger charge is 2.07. The first-order valence-electron chi connectivity index (χ1n) is 6.73. The van der Waals surface area contributed by atoms with Crippen molar-refractivity contribution in [2.75, 3.05) is 0 Å². The highest BCUT2D eigenvalue weighted by Crippen LogP contribution is 2.10. The average Bonchev–Trinajstić information content (AvgIpc) is 2.54. The van der Waals surface area contributed by atoms with E-state index in [9.17, 15) is 18.7 Å². The van der Waals surface area contributed by atoms with Crippen LogP contribution in [0.15, 0.2) is 42.5 Å². The second kappa shape index (κ2) is 7.51. The van der Waals surface area contributed by atoms with Crippen molar-refractivity contribution in [3.63, 3.8) is 0 Å². The molecule has 0 aromatic heterocycles. The lowest BCUT2D eigenvalue weighted by Crippen LogP contribution is -2.35. The fraction of sp³-hybridized carbons (Fsp3) is 0.188. The average molecular weight is 306 g/mol. The molecule has 6 heteroatoms. The molecule has 2 aromatic rings. The van der Waals surface area contributed by atoms with Crippen molar-refractivity contribution in [2.24, 2.45) is 0 Å². The molecule has 2 aromatic carbocycles. The Kier molecular flexibility index (Phi) is 5.43. The molecule has 4 nitrogen and oxygen atoms in total. The number of benzene rings is 2. The second-order valence-corrected chi connectivity index (χ2v) is 4.70. The number of urea groups is 1. The van der Waals surface area contributed by atoms with E-state index in [2.05, 4.69) is 10.6 Å². The molecule has 2 rings (SSSR count). The van der Waals surface area contributed by atoms with Crippen molar-refractivity contribution in [1.82, 2.24) is 10.6 Å². The van der Waals surface area contributed by atoms with E-state index in [1.807, 2.05) is 0 Å². The minimum absolute atomic E-state index is 0.0749. The zero-order valence-electron chi connectivity index (χ0n) is 11.8. The van der Waals surface area contributed by atoms with Gasteiger partial charge in [0, 0.05) is 18.7 Å². The van der Waals surface area contributed by atoms with Crippen molar-refractivity contribution < 1.29 is 18.7 Å². The molecule has 0 aliphatic rings. The van der Waals surface area contributed by atoms with Gasteiger partial charge in [0.25, 0.3) is 0 Å². The van der Waals surface area contributed by atoms with Crippen molar-refractivity contribution in [2.45, 2.75) is 19.7 Å². The predicted molar refractivity (Wildman–Crippen MR) is 77.8 cm³/mol. The van der Waals surface area contributed by atoms with Gasteiger partial charge in [0.2, 0.25) is 0 Å². The van der Waals surface area contributed by atoms with Crippen molar-refractivity contribution >= 4 is 6.03 Å². The van der Waals surface area contributed by atoms with Gasteiger partial charge in [-0.05, 0) is 29.3 Å². The molecule has 0 unspecified atom stereocenters. The number of aliphatic hydroxyl groups is 1. The summed E-state index contributed by atoms with van der Waals surface area (Å²) in [4.78, 5) is 11.7. The van der Waals surface area contributed by atoms with Crippen LogP contribution in [-0.4, -0.2) is 11.1 Å². The fourth-order valence-electron chi connectivity index (χ4n) is 1.98. The van der Waals surface area contributed by atoms with Gasteiger partial charge in [0.1, 0.15) is 11.6 Å². The molecule has 2 amide bonds. The van der Waals surface area contributed by atoms with Crippen molar-refractivity contribution in [3.8, 4) is 0 Å². The molecule has 0 fully saturated rings. The maximum Gasteiger partial charge on any atom is 0.315 e. The Hall–Kier alpha value is -2.47. The van der Waals surface area contributed by atoms with Gasteiger partial charge in [-0.25, -0.2) is 13.6 Å². The van der Waals surface area contributed by atoms with E-state index in [1.54, 1.807) is 24.3 Å². The number of rotatable bonds is 5. The molecule has 0 atom stereocenters. The van der Waals surface area contributed by atoms with Crippen LogP contribution in [0, 0.1) is 11.6 Å². The standard InChI is InChI=1S/C16H16F2N2O2/c17-14-5-6-15(18)13(7-14)9-20-16(22)19-8-11-3-1-2-4-12(11)10-21/h1-7,21H,8-10H2,(H2,19,20,22). The van der Waals surface area contributed by atoms with E-state index in [1.165, 1.54) is 0 Å². The van der Waals surface area contributed by atoms with E-state index in [-0.39, 0.29) is 25.3 Å². The van der Waals surface area contributed by atoms with E-state index in [0.29, 0.717) is 0 Å². The molecular formula is C16H16F2N2O2. The molecule has 0 spiro atoms. The number of halogens is 2. The lowest BCUT2D eigenvalue weighted by Gasteiger charge is -2.10. The van der Waals surface area contributed by atoms with Crippen molar-refractivity contribution in [1.29, 1.82) is 0 Å². The highest BCUT2D eigenvalue weighted by atomic mass is 19.1. The van der Waals surface area contributed by atoms with Gasteiger partial charge < -0.3 is 15.7 Å². The molecule has 0 bridgehead atoms. The Morgan fingerprint density at radius 2 is 1.59 bits per heavy atom. The van der Waals surface area contributed by atoms with Gasteiger partial charge in [0.05, 0.1) is 6.61 Å². The summed E-state index contributed by atoms with van der Waals surface area (Å²) in [6.07, 6.45) is 0. The second-order valence-electron chi connectivity index (χ2n) is 4.70. The molecule has 0 aliphatic heterocycles. The van der Waals surface area contributed by atoms with Crippen LogP contribution >= 0.6 is 0 Å². The zero-order valence-corrected chi connectivity index (χ0v) is 11.8. The van der Waals surface area contributed by atoms with Crippen LogP contribution in [0.5, 0.6) is 0 Å². The summed E-state index contributed by atoms with van der Waals surface area (Å²) in [5.74, 6) is -1.14. The van der Waals surface area contributed by atoms with Gasteiger partial charge in [-0.15, -0.1) is 0 Å². The Bertz CT molecular complexity index is 662. The summed E-state index contributed by atoms with van der Waals surface area (Å²) in [7, 11) is 0. The normalized spacial score (nSPS) is 10.3. The Labute approximate surface area is 126 Å². The number of hydrogen-bond donors (Lipinski definition) is 3. The predicted octanol–water partition coefficient (Wildman–Crippen LogP) is 2.46. The third-order valence-corrected chi connectivity index (χ3v) is 3.18. The first kappa shape index (κ1) is 15.9. The van der Waals surface area contributed by atoms with E-state index in [4.69, 9.17) is 0 Å². The Balaban J connectivity index is 1.87.